The van der Waals surface area contributed by atoms with E-state index < -0.39 is 0 Å². The summed E-state index contributed by atoms with van der Waals surface area (Å²) in [5.41, 5.74) is 0.588. The Hall–Kier alpha value is -2.43. The standard InChI is InChI=1S/C16H18N4O3/c1-11-8-20(2)9-14(22-11)16-19-18-15(23-16)10-21-13-5-3-12(7-17)4-6-13/h3-6,11,14H,8-10H2,1-2H3/t11-,14-/m1/s1. The maximum Gasteiger partial charge on any atom is 0.254 e. The Balaban J connectivity index is 1.59. The van der Waals surface area contributed by atoms with E-state index in [0.717, 1.165) is 13.1 Å². The Labute approximate surface area is 134 Å². The zero-order chi connectivity index (χ0) is 16.2. The molecule has 23 heavy (non-hydrogen) atoms. The van der Waals surface area contributed by atoms with Crippen LogP contribution in [0.2, 0.25) is 0 Å². The molecule has 1 aromatic heterocycles. The van der Waals surface area contributed by atoms with E-state index in [1.165, 1.54) is 0 Å². The molecule has 0 bridgehead atoms. The van der Waals surface area contributed by atoms with E-state index in [9.17, 15) is 0 Å². The summed E-state index contributed by atoms with van der Waals surface area (Å²) in [5.74, 6) is 1.52. The third-order valence-electron chi connectivity index (χ3n) is 3.55. The van der Waals surface area contributed by atoms with Crippen molar-refractivity contribution in [2.45, 2.75) is 25.7 Å². The van der Waals surface area contributed by atoms with Gasteiger partial charge in [0.05, 0.1) is 17.7 Å². The molecule has 2 atom stereocenters. The van der Waals surface area contributed by atoms with Crippen molar-refractivity contribution >= 4 is 0 Å². The smallest absolute Gasteiger partial charge is 0.254 e. The summed E-state index contributed by atoms with van der Waals surface area (Å²) in [4.78, 5) is 2.18. The van der Waals surface area contributed by atoms with Gasteiger partial charge in [-0.15, -0.1) is 10.2 Å². The third-order valence-corrected chi connectivity index (χ3v) is 3.55. The molecule has 1 saturated heterocycles. The fraction of sp³-hybridized carbons (Fsp3) is 0.438. The lowest BCUT2D eigenvalue weighted by Gasteiger charge is -2.32. The van der Waals surface area contributed by atoms with E-state index in [4.69, 9.17) is 19.2 Å². The van der Waals surface area contributed by atoms with Gasteiger partial charge in [-0.3, -0.25) is 0 Å². The first-order valence-electron chi connectivity index (χ1n) is 7.43. The molecule has 0 radical (unpaired) electrons. The molecule has 120 valence electrons. The second kappa shape index (κ2) is 6.77. The maximum atomic E-state index is 8.76. The molecule has 7 heteroatoms. The lowest BCUT2D eigenvalue weighted by atomic mass is 10.2. The highest BCUT2D eigenvalue weighted by molar-refractivity contribution is 5.34. The van der Waals surface area contributed by atoms with Crippen molar-refractivity contribution in [3.63, 3.8) is 0 Å². The number of likely N-dealkylation sites (N-methyl/N-ethyl adjacent to an activating group) is 1. The molecule has 7 nitrogen and oxygen atoms in total. The Morgan fingerprint density at radius 3 is 2.78 bits per heavy atom. The largest absolute Gasteiger partial charge is 0.484 e. The summed E-state index contributed by atoms with van der Waals surface area (Å²) in [6, 6.07) is 8.92. The van der Waals surface area contributed by atoms with Crippen molar-refractivity contribution in [2.24, 2.45) is 0 Å². The van der Waals surface area contributed by atoms with Crippen LogP contribution in [0.15, 0.2) is 28.7 Å². The molecule has 1 fully saturated rings. The summed E-state index contributed by atoms with van der Waals surface area (Å²) >= 11 is 0. The van der Waals surface area contributed by atoms with Crippen LogP contribution >= 0.6 is 0 Å². The number of morpholine rings is 1. The van der Waals surface area contributed by atoms with Crippen molar-refractivity contribution in [3.8, 4) is 11.8 Å². The summed E-state index contributed by atoms with van der Waals surface area (Å²) in [6.45, 7) is 3.81. The van der Waals surface area contributed by atoms with E-state index in [1.54, 1.807) is 24.3 Å². The molecule has 0 saturated carbocycles. The van der Waals surface area contributed by atoms with Crippen LogP contribution in [-0.2, 0) is 11.3 Å². The van der Waals surface area contributed by atoms with Gasteiger partial charge in [-0.05, 0) is 38.2 Å². The van der Waals surface area contributed by atoms with Gasteiger partial charge in [0.25, 0.3) is 5.89 Å². The molecule has 3 rings (SSSR count). The van der Waals surface area contributed by atoms with Crippen LogP contribution in [0.5, 0.6) is 5.75 Å². The van der Waals surface area contributed by atoms with Crippen LogP contribution in [0.3, 0.4) is 0 Å². The zero-order valence-corrected chi connectivity index (χ0v) is 13.1. The van der Waals surface area contributed by atoms with Crippen molar-refractivity contribution in [1.29, 1.82) is 5.26 Å². The van der Waals surface area contributed by atoms with Crippen molar-refractivity contribution in [1.82, 2.24) is 15.1 Å². The zero-order valence-electron chi connectivity index (χ0n) is 13.1. The molecular formula is C16H18N4O3. The number of ether oxygens (including phenoxy) is 2. The van der Waals surface area contributed by atoms with Gasteiger partial charge in [-0.2, -0.15) is 5.26 Å². The molecule has 0 N–H and O–H groups in total. The number of aromatic nitrogens is 2. The van der Waals surface area contributed by atoms with Gasteiger partial charge in [-0.25, -0.2) is 0 Å². The van der Waals surface area contributed by atoms with Crippen LogP contribution in [0.25, 0.3) is 0 Å². The molecule has 0 spiro atoms. The lowest BCUT2D eigenvalue weighted by Crippen LogP contribution is -2.40. The molecule has 2 heterocycles. The number of hydrogen-bond acceptors (Lipinski definition) is 7. The molecule has 0 unspecified atom stereocenters. The Morgan fingerprint density at radius 2 is 2.09 bits per heavy atom. The Bertz CT molecular complexity index is 682. The average Bonchev–Trinajstić information content (AvgIpc) is 3.01. The fourth-order valence-corrected chi connectivity index (χ4v) is 2.53. The van der Waals surface area contributed by atoms with E-state index in [0.29, 0.717) is 23.1 Å². The minimum atomic E-state index is -0.208. The second-order valence-electron chi connectivity index (χ2n) is 5.62. The van der Waals surface area contributed by atoms with Gasteiger partial charge in [0.2, 0.25) is 5.89 Å². The van der Waals surface area contributed by atoms with E-state index in [1.807, 2.05) is 14.0 Å². The normalized spacial score (nSPS) is 21.8. The lowest BCUT2D eigenvalue weighted by molar-refractivity contribution is -0.0827. The monoisotopic (exact) mass is 314 g/mol. The average molecular weight is 314 g/mol. The van der Waals surface area contributed by atoms with E-state index in [2.05, 4.69) is 21.2 Å². The van der Waals surface area contributed by atoms with E-state index in [-0.39, 0.29) is 18.8 Å². The first kappa shape index (κ1) is 15.5. The van der Waals surface area contributed by atoms with Gasteiger partial charge in [0.15, 0.2) is 6.61 Å². The van der Waals surface area contributed by atoms with Gasteiger partial charge in [0, 0.05) is 13.1 Å². The molecule has 0 amide bonds. The van der Waals surface area contributed by atoms with Crippen molar-refractivity contribution < 1.29 is 13.9 Å². The highest BCUT2D eigenvalue weighted by Crippen LogP contribution is 2.23. The third kappa shape index (κ3) is 3.86. The molecule has 1 aromatic carbocycles. The summed E-state index contributed by atoms with van der Waals surface area (Å²) in [7, 11) is 2.04. The van der Waals surface area contributed by atoms with Gasteiger partial charge in [-0.1, -0.05) is 0 Å². The molecular weight excluding hydrogens is 296 g/mol. The number of hydrogen-bond donors (Lipinski definition) is 0. The van der Waals surface area contributed by atoms with Crippen LogP contribution in [0.4, 0.5) is 0 Å². The van der Waals surface area contributed by atoms with Crippen LogP contribution in [0, 0.1) is 11.3 Å². The number of benzene rings is 1. The first-order valence-corrected chi connectivity index (χ1v) is 7.43. The minimum absolute atomic E-state index is 0.129. The first-order chi connectivity index (χ1) is 11.1. The molecule has 1 aliphatic rings. The topological polar surface area (TPSA) is 84.4 Å². The SMILES string of the molecule is C[C@@H]1CN(C)C[C@H](c2nnc(COc3ccc(C#N)cc3)o2)O1. The predicted molar refractivity (Wildman–Crippen MR) is 80.6 cm³/mol. The van der Waals surface area contributed by atoms with Gasteiger partial charge < -0.3 is 18.8 Å². The quantitative estimate of drug-likeness (QED) is 0.852. The summed E-state index contributed by atoms with van der Waals surface area (Å²) in [5, 5.41) is 16.8. The van der Waals surface area contributed by atoms with Crippen molar-refractivity contribution in [2.75, 3.05) is 20.1 Å². The number of rotatable bonds is 4. The van der Waals surface area contributed by atoms with Crippen LogP contribution in [0.1, 0.15) is 30.4 Å². The predicted octanol–water partition coefficient (Wildman–Crippen LogP) is 1.91. The van der Waals surface area contributed by atoms with E-state index >= 15 is 0 Å². The van der Waals surface area contributed by atoms with Crippen molar-refractivity contribution in [3.05, 3.63) is 41.6 Å². The Kier molecular flexibility index (Phi) is 4.55. The molecule has 1 aliphatic heterocycles. The highest BCUT2D eigenvalue weighted by Gasteiger charge is 2.28. The van der Waals surface area contributed by atoms with Gasteiger partial charge >= 0.3 is 0 Å². The van der Waals surface area contributed by atoms with Gasteiger partial charge in [0.1, 0.15) is 11.9 Å². The fourth-order valence-electron chi connectivity index (χ4n) is 2.53. The minimum Gasteiger partial charge on any atom is -0.484 e. The highest BCUT2D eigenvalue weighted by atomic mass is 16.5. The number of nitriles is 1. The van der Waals surface area contributed by atoms with Crippen LogP contribution in [-0.4, -0.2) is 41.3 Å². The summed E-state index contributed by atoms with van der Waals surface area (Å²) in [6.07, 6.45) is -0.0797. The number of nitrogens with zero attached hydrogens (tertiary/aromatic N) is 4. The Morgan fingerprint density at radius 1 is 1.30 bits per heavy atom. The second-order valence-corrected chi connectivity index (χ2v) is 5.62. The maximum absolute atomic E-state index is 8.76. The molecule has 2 aromatic rings. The summed E-state index contributed by atoms with van der Waals surface area (Å²) < 4.78 is 17.0. The molecule has 0 aliphatic carbocycles. The van der Waals surface area contributed by atoms with Crippen LogP contribution < -0.4 is 4.74 Å².